The van der Waals surface area contributed by atoms with Gasteiger partial charge in [-0.1, -0.05) is 18.2 Å². The maximum absolute atomic E-state index is 12.3. The molecule has 3 aromatic heterocycles. The fourth-order valence-electron chi connectivity index (χ4n) is 2.81. The molecule has 0 radical (unpaired) electrons. The fraction of sp³-hybridized carbons (Fsp3) is 0.167. The van der Waals surface area contributed by atoms with E-state index in [0.29, 0.717) is 18.7 Å². The topological polar surface area (TPSA) is 75.1 Å². The van der Waals surface area contributed by atoms with Crippen molar-refractivity contribution in [3.05, 3.63) is 65.7 Å². The van der Waals surface area contributed by atoms with Crippen LogP contribution in [-0.2, 0) is 6.42 Å². The van der Waals surface area contributed by atoms with Crippen LogP contribution in [0.1, 0.15) is 21.9 Å². The molecule has 2 N–H and O–H groups in total. The minimum atomic E-state index is -0.113. The van der Waals surface area contributed by atoms with Crippen molar-refractivity contribution in [1.29, 1.82) is 0 Å². The average molecular weight is 319 g/mol. The molecule has 24 heavy (non-hydrogen) atoms. The van der Waals surface area contributed by atoms with Crippen molar-refractivity contribution in [2.75, 3.05) is 6.54 Å². The van der Waals surface area contributed by atoms with E-state index in [2.05, 4.69) is 20.5 Å². The van der Waals surface area contributed by atoms with Crippen LogP contribution in [0.3, 0.4) is 0 Å². The van der Waals surface area contributed by atoms with Gasteiger partial charge in [-0.25, -0.2) is 0 Å². The largest absolute Gasteiger partial charge is 0.351 e. The van der Waals surface area contributed by atoms with Crippen LogP contribution in [0.25, 0.3) is 16.6 Å². The van der Waals surface area contributed by atoms with E-state index in [-0.39, 0.29) is 5.91 Å². The molecule has 4 aromatic rings. The Kier molecular flexibility index (Phi) is 3.49. The van der Waals surface area contributed by atoms with E-state index in [0.717, 1.165) is 27.9 Å². The molecule has 4 rings (SSSR count). The number of aryl methyl sites for hydroxylation is 1. The third-order valence-corrected chi connectivity index (χ3v) is 4.04. The molecule has 0 unspecified atom stereocenters. The number of hydrogen-bond acceptors (Lipinski definition) is 3. The highest BCUT2D eigenvalue weighted by Gasteiger charge is 2.10. The van der Waals surface area contributed by atoms with Crippen LogP contribution in [0.15, 0.2) is 48.7 Å². The molecule has 0 atom stereocenters. The Morgan fingerprint density at radius 2 is 2.12 bits per heavy atom. The molecule has 0 spiro atoms. The summed E-state index contributed by atoms with van der Waals surface area (Å²) in [4.78, 5) is 15.5. The Labute approximate surface area is 138 Å². The molecule has 0 aliphatic rings. The highest BCUT2D eigenvalue weighted by Crippen LogP contribution is 2.16. The monoisotopic (exact) mass is 319 g/mol. The number of aromatic nitrogens is 4. The normalized spacial score (nSPS) is 11.2. The lowest BCUT2D eigenvalue weighted by Gasteiger charge is -2.03. The molecule has 6 heteroatoms. The molecule has 0 saturated heterocycles. The van der Waals surface area contributed by atoms with Crippen LogP contribution < -0.4 is 5.32 Å². The highest BCUT2D eigenvalue weighted by molar-refractivity contribution is 5.98. The Morgan fingerprint density at radius 1 is 1.21 bits per heavy atom. The lowest BCUT2D eigenvalue weighted by atomic mass is 10.2. The number of H-pyrrole nitrogens is 1. The summed E-state index contributed by atoms with van der Waals surface area (Å²) in [7, 11) is 0. The molecule has 1 aromatic carbocycles. The van der Waals surface area contributed by atoms with Crippen molar-refractivity contribution < 1.29 is 4.79 Å². The van der Waals surface area contributed by atoms with E-state index in [1.807, 2.05) is 60.0 Å². The van der Waals surface area contributed by atoms with Gasteiger partial charge in [0.15, 0.2) is 5.65 Å². The standard InChI is InChI=1S/C18H17N5O/c1-12-5-6-13-11-15(20-14(13)10-12)18(24)19-8-7-17-22-21-16-4-2-3-9-23(16)17/h2-6,9-11,20H,7-8H2,1H3,(H,19,24). The van der Waals surface area contributed by atoms with Crippen molar-refractivity contribution in [2.24, 2.45) is 0 Å². The van der Waals surface area contributed by atoms with E-state index in [9.17, 15) is 4.79 Å². The molecule has 0 bridgehead atoms. The van der Waals surface area contributed by atoms with Crippen LogP contribution in [0.5, 0.6) is 0 Å². The van der Waals surface area contributed by atoms with E-state index < -0.39 is 0 Å². The number of fused-ring (bicyclic) bond motifs is 2. The zero-order valence-corrected chi connectivity index (χ0v) is 13.3. The van der Waals surface area contributed by atoms with E-state index >= 15 is 0 Å². The lowest BCUT2D eigenvalue weighted by Crippen LogP contribution is -2.26. The van der Waals surface area contributed by atoms with Gasteiger partial charge in [0, 0.05) is 30.1 Å². The number of nitrogens with one attached hydrogen (secondary N) is 2. The average Bonchev–Trinajstić information content (AvgIpc) is 3.18. The number of aromatic amines is 1. The van der Waals surface area contributed by atoms with Gasteiger partial charge in [0.05, 0.1) is 0 Å². The lowest BCUT2D eigenvalue weighted by molar-refractivity contribution is 0.0950. The molecule has 0 fully saturated rings. The summed E-state index contributed by atoms with van der Waals surface area (Å²) in [5, 5.41) is 12.2. The Hall–Kier alpha value is -3.15. The van der Waals surface area contributed by atoms with E-state index in [4.69, 9.17) is 0 Å². The summed E-state index contributed by atoms with van der Waals surface area (Å²) in [6.07, 6.45) is 2.54. The van der Waals surface area contributed by atoms with Gasteiger partial charge in [-0.3, -0.25) is 9.20 Å². The van der Waals surface area contributed by atoms with Crippen molar-refractivity contribution >= 4 is 22.5 Å². The molecule has 6 nitrogen and oxygen atoms in total. The number of rotatable bonds is 4. The quantitative estimate of drug-likeness (QED) is 0.607. The van der Waals surface area contributed by atoms with Gasteiger partial charge in [0.2, 0.25) is 0 Å². The number of nitrogens with zero attached hydrogens (tertiary/aromatic N) is 3. The molecule has 120 valence electrons. The number of amides is 1. The summed E-state index contributed by atoms with van der Waals surface area (Å²) in [5.74, 6) is 0.718. The van der Waals surface area contributed by atoms with Gasteiger partial charge in [0.25, 0.3) is 5.91 Å². The van der Waals surface area contributed by atoms with Crippen LogP contribution >= 0.6 is 0 Å². The number of carbonyl (C=O) groups excluding carboxylic acids is 1. The number of hydrogen-bond donors (Lipinski definition) is 2. The molecular weight excluding hydrogens is 302 g/mol. The number of carbonyl (C=O) groups is 1. The summed E-state index contributed by atoms with van der Waals surface area (Å²) in [6.45, 7) is 2.53. The molecule has 1 amide bonds. The van der Waals surface area contributed by atoms with Crippen molar-refractivity contribution in [1.82, 2.24) is 24.9 Å². The maximum Gasteiger partial charge on any atom is 0.267 e. The van der Waals surface area contributed by atoms with Crippen LogP contribution in [0, 0.1) is 6.92 Å². The maximum atomic E-state index is 12.3. The molecule has 0 aliphatic heterocycles. The molecule has 0 aliphatic carbocycles. The molecular formula is C18H17N5O. The van der Waals surface area contributed by atoms with Gasteiger partial charge in [-0.15, -0.1) is 10.2 Å². The summed E-state index contributed by atoms with van der Waals surface area (Å²) < 4.78 is 1.93. The Balaban J connectivity index is 1.44. The number of benzene rings is 1. The summed E-state index contributed by atoms with van der Waals surface area (Å²) in [5.41, 5.74) is 3.52. The Bertz CT molecular complexity index is 1030. The Morgan fingerprint density at radius 3 is 3.04 bits per heavy atom. The second kappa shape index (κ2) is 5.81. The van der Waals surface area contributed by atoms with Crippen LogP contribution in [0.2, 0.25) is 0 Å². The zero-order valence-electron chi connectivity index (χ0n) is 13.3. The SMILES string of the molecule is Cc1ccc2cc(C(=O)NCCc3nnc4ccccn34)[nH]c2c1. The first kappa shape index (κ1) is 14.4. The highest BCUT2D eigenvalue weighted by atomic mass is 16.1. The minimum Gasteiger partial charge on any atom is -0.351 e. The molecule has 3 heterocycles. The van der Waals surface area contributed by atoms with E-state index in [1.54, 1.807) is 0 Å². The zero-order chi connectivity index (χ0) is 16.5. The smallest absolute Gasteiger partial charge is 0.267 e. The first-order valence-corrected chi connectivity index (χ1v) is 7.87. The van der Waals surface area contributed by atoms with Crippen molar-refractivity contribution in [3.63, 3.8) is 0 Å². The second-order valence-electron chi connectivity index (χ2n) is 5.82. The van der Waals surface area contributed by atoms with Crippen molar-refractivity contribution in [2.45, 2.75) is 13.3 Å². The predicted octanol–water partition coefficient (Wildman–Crippen LogP) is 2.49. The van der Waals surface area contributed by atoms with Gasteiger partial charge < -0.3 is 10.3 Å². The van der Waals surface area contributed by atoms with Gasteiger partial charge in [-0.05, 0) is 36.8 Å². The fourth-order valence-corrected chi connectivity index (χ4v) is 2.81. The van der Waals surface area contributed by atoms with Gasteiger partial charge in [0.1, 0.15) is 11.5 Å². The van der Waals surface area contributed by atoms with E-state index in [1.165, 1.54) is 0 Å². The van der Waals surface area contributed by atoms with Gasteiger partial charge in [-0.2, -0.15) is 0 Å². The first-order valence-electron chi connectivity index (χ1n) is 7.87. The van der Waals surface area contributed by atoms with Crippen LogP contribution in [0.4, 0.5) is 0 Å². The third-order valence-electron chi connectivity index (χ3n) is 4.04. The minimum absolute atomic E-state index is 0.113. The van der Waals surface area contributed by atoms with Crippen LogP contribution in [-0.4, -0.2) is 32.0 Å². The summed E-state index contributed by atoms with van der Waals surface area (Å²) >= 11 is 0. The number of pyridine rings is 1. The predicted molar refractivity (Wildman–Crippen MR) is 92.1 cm³/mol. The first-order chi connectivity index (χ1) is 11.7. The van der Waals surface area contributed by atoms with Crippen molar-refractivity contribution in [3.8, 4) is 0 Å². The second-order valence-corrected chi connectivity index (χ2v) is 5.82. The molecule has 0 saturated carbocycles. The summed E-state index contributed by atoms with van der Waals surface area (Å²) in [6, 6.07) is 13.7. The third kappa shape index (κ3) is 2.62. The van der Waals surface area contributed by atoms with Gasteiger partial charge >= 0.3 is 0 Å².